The molecule has 0 N–H and O–H groups in total. The minimum atomic E-state index is -0.371. The molecule has 4 rings (SSSR count). The number of rotatable bonds is 5. The molecule has 3 heterocycles. The maximum absolute atomic E-state index is 13.7. The summed E-state index contributed by atoms with van der Waals surface area (Å²) in [5.74, 6) is 0.283. The van der Waals surface area contributed by atoms with Gasteiger partial charge in [-0.2, -0.15) is 0 Å². The number of aromatic nitrogens is 1. The van der Waals surface area contributed by atoms with E-state index in [-0.39, 0.29) is 17.5 Å². The van der Waals surface area contributed by atoms with Crippen molar-refractivity contribution < 1.29 is 4.79 Å². The lowest BCUT2D eigenvalue weighted by Gasteiger charge is -2.28. The van der Waals surface area contributed by atoms with Crippen molar-refractivity contribution in [1.29, 1.82) is 0 Å². The van der Waals surface area contributed by atoms with Crippen molar-refractivity contribution in [1.82, 2.24) is 4.57 Å². The fourth-order valence-corrected chi connectivity index (χ4v) is 5.36. The van der Waals surface area contributed by atoms with Crippen LogP contribution in [0.3, 0.4) is 0 Å². The van der Waals surface area contributed by atoms with Gasteiger partial charge in [-0.3, -0.25) is 14.5 Å². The smallest absolute Gasteiger partial charge is 0.257 e. The quantitative estimate of drug-likeness (QED) is 0.483. The number of nitrogens with zero attached hydrogens (tertiary/aromatic N) is 3. The summed E-state index contributed by atoms with van der Waals surface area (Å²) in [7, 11) is 1.71. The molecule has 2 aromatic rings. The van der Waals surface area contributed by atoms with Crippen LogP contribution in [0.15, 0.2) is 57.6 Å². The minimum Gasteiger partial charge on any atom is -0.316 e. The second kappa shape index (κ2) is 9.36. The van der Waals surface area contributed by atoms with E-state index in [2.05, 4.69) is 22.9 Å². The molecule has 0 saturated carbocycles. The Balaban J connectivity index is 1.84. The molecule has 2 aliphatic heterocycles. The van der Waals surface area contributed by atoms with Gasteiger partial charge < -0.3 is 4.57 Å². The first-order valence-corrected chi connectivity index (χ1v) is 12.2. The summed E-state index contributed by atoms with van der Waals surface area (Å²) in [4.78, 5) is 32.8. The number of aliphatic imine (C=N–C) groups is 1. The molecule has 2 aliphatic rings. The molecule has 32 heavy (non-hydrogen) atoms. The van der Waals surface area contributed by atoms with Gasteiger partial charge in [0.15, 0.2) is 0 Å². The molecular formula is C25H27BrClN3O2. The van der Waals surface area contributed by atoms with Crippen LogP contribution in [0.4, 0.5) is 5.69 Å². The van der Waals surface area contributed by atoms with Gasteiger partial charge in [0, 0.05) is 35.3 Å². The molecule has 0 spiro atoms. The first-order valence-electron chi connectivity index (χ1n) is 11.0. The maximum Gasteiger partial charge on any atom is 0.257 e. The SMILES string of the molecule is CCCCC1CCC2=C(N=C1Br)C(c1ccc(Cl)cc1)N(c1cc(C)c(=O)n(C)c1)C2=O. The van der Waals surface area contributed by atoms with E-state index in [1.807, 2.05) is 24.3 Å². The molecule has 2 unspecified atom stereocenters. The highest BCUT2D eigenvalue weighted by Gasteiger charge is 2.42. The van der Waals surface area contributed by atoms with Gasteiger partial charge in [-0.15, -0.1) is 0 Å². The van der Waals surface area contributed by atoms with Crippen LogP contribution in [-0.4, -0.2) is 15.1 Å². The highest BCUT2D eigenvalue weighted by atomic mass is 79.9. The molecular weight excluding hydrogens is 490 g/mol. The fraction of sp³-hybridized carbons (Fsp3) is 0.400. The van der Waals surface area contributed by atoms with Gasteiger partial charge in [0.1, 0.15) is 6.04 Å². The number of carbonyl (C=O) groups is 1. The van der Waals surface area contributed by atoms with E-state index in [1.54, 1.807) is 31.1 Å². The van der Waals surface area contributed by atoms with Crippen molar-refractivity contribution in [3.05, 3.63) is 74.3 Å². The Morgan fingerprint density at radius 2 is 1.94 bits per heavy atom. The van der Waals surface area contributed by atoms with Gasteiger partial charge in [-0.05, 0) is 65.9 Å². The molecule has 1 amide bonds. The summed E-state index contributed by atoms with van der Waals surface area (Å²) in [5.41, 5.74) is 3.70. The number of benzene rings is 1. The molecule has 5 nitrogen and oxygen atoms in total. The van der Waals surface area contributed by atoms with Gasteiger partial charge in [-0.25, -0.2) is 4.99 Å². The highest BCUT2D eigenvalue weighted by molar-refractivity contribution is 9.18. The Bertz CT molecular complexity index is 1140. The van der Waals surface area contributed by atoms with Crippen LogP contribution in [0, 0.1) is 12.8 Å². The number of anilines is 1. The lowest BCUT2D eigenvalue weighted by atomic mass is 9.96. The van der Waals surface area contributed by atoms with Crippen LogP contribution in [0.2, 0.25) is 5.02 Å². The third kappa shape index (κ3) is 4.23. The third-order valence-corrected chi connectivity index (χ3v) is 7.41. The standard InChI is InChI=1S/C25H27BrClN3O2/c1-4-5-6-17-9-12-20-21(28-23(17)26)22(16-7-10-18(27)11-8-16)30(25(20)32)19-13-15(2)24(31)29(3)14-19/h7-8,10-11,13-14,17,22H,4-6,9,12H2,1-3H3. The fourth-order valence-electron chi connectivity index (χ4n) is 4.59. The summed E-state index contributed by atoms with van der Waals surface area (Å²) in [6.45, 7) is 3.96. The number of halogens is 2. The van der Waals surface area contributed by atoms with Crippen LogP contribution in [0.5, 0.6) is 0 Å². The van der Waals surface area contributed by atoms with Crippen molar-refractivity contribution in [3.63, 3.8) is 0 Å². The first-order chi connectivity index (χ1) is 15.3. The van der Waals surface area contributed by atoms with Crippen LogP contribution in [0.25, 0.3) is 0 Å². The lowest BCUT2D eigenvalue weighted by Crippen LogP contribution is -2.32. The predicted octanol–water partition coefficient (Wildman–Crippen LogP) is 6.08. The number of carbonyl (C=O) groups excluding carboxylic acids is 1. The normalized spacial score (nSPS) is 21.0. The number of hydrogen-bond donors (Lipinski definition) is 0. The monoisotopic (exact) mass is 515 g/mol. The largest absolute Gasteiger partial charge is 0.316 e. The predicted molar refractivity (Wildman–Crippen MR) is 134 cm³/mol. The molecule has 0 saturated heterocycles. The summed E-state index contributed by atoms with van der Waals surface area (Å²) in [6, 6.07) is 8.98. The molecule has 2 atom stereocenters. The molecule has 0 aliphatic carbocycles. The zero-order chi connectivity index (χ0) is 23.0. The second-order valence-corrected chi connectivity index (χ2v) is 9.85. The number of aryl methyl sites for hydroxylation is 2. The van der Waals surface area contributed by atoms with Gasteiger partial charge in [0.25, 0.3) is 11.5 Å². The van der Waals surface area contributed by atoms with E-state index >= 15 is 0 Å². The number of hydrogen-bond acceptors (Lipinski definition) is 3. The lowest BCUT2D eigenvalue weighted by molar-refractivity contribution is -0.115. The average molecular weight is 517 g/mol. The first kappa shape index (κ1) is 23.0. The topological polar surface area (TPSA) is 54.7 Å². The van der Waals surface area contributed by atoms with Crippen LogP contribution >= 0.6 is 27.5 Å². The Kier molecular flexibility index (Phi) is 6.72. The maximum atomic E-state index is 13.7. The zero-order valence-electron chi connectivity index (χ0n) is 18.6. The zero-order valence-corrected chi connectivity index (χ0v) is 20.9. The van der Waals surface area contributed by atoms with Gasteiger partial charge >= 0.3 is 0 Å². The molecule has 168 valence electrons. The average Bonchev–Trinajstić information content (AvgIpc) is 2.92. The number of amides is 1. The van der Waals surface area contributed by atoms with Crippen molar-refractivity contribution in [2.75, 3.05) is 4.90 Å². The summed E-state index contributed by atoms with van der Waals surface area (Å²) in [5, 5.41) is 0.641. The Hall–Kier alpha value is -2.18. The molecule has 1 aromatic heterocycles. The Morgan fingerprint density at radius 1 is 1.22 bits per heavy atom. The molecule has 0 radical (unpaired) electrons. The van der Waals surface area contributed by atoms with Crippen molar-refractivity contribution in [2.24, 2.45) is 18.0 Å². The van der Waals surface area contributed by atoms with Gasteiger partial charge in [-0.1, -0.05) is 43.5 Å². The van der Waals surface area contributed by atoms with E-state index in [1.165, 1.54) is 4.57 Å². The minimum absolute atomic E-state index is 0.0433. The second-order valence-electron chi connectivity index (χ2n) is 8.60. The van der Waals surface area contributed by atoms with Gasteiger partial charge in [0.05, 0.1) is 16.0 Å². The Morgan fingerprint density at radius 3 is 2.59 bits per heavy atom. The van der Waals surface area contributed by atoms with Gasteiger partial charge in [0.2, 0.25) is 0 Å². The van der Waals surface area contributed by atoms with Crippen molar-refractivity contribution in [3.8, 4) is 0 Å². The third-order valence-electron chi connectivity index (χ3n) is 6.33. The van der Waals surface area contributed by atoms with E-state index in [0.717, 1.165) is 47.1 Å². The molecule has 0 bridgehead atoms. The molecule has 1 aromatic carbocycles. The highest BCUT2D eigenvalue weighted by Crippen LogP contribution is 2.45. The Labute approximate surface area is 201 Å². The van der Waals surface area contributed by atoms with E-state index in [0.29, 0.717) is 28.6 Å². The van der Waals surface area contributed by atoms with Crippen molar-refractivity contribution in [2.45, 2.75) is 52.0 Å². The van der Waals surface area contributed by atoms with E-state index < -0.39 is 0 Å². The van der Waals surface area contributed by atoms with E-state index in [4.69, 9.17) is 16.6 Å². The van der Waals surface area contributed by atoms with E-state index in [9.17, 15) is 9.59 Å². The van der Waals surface area contributed by atoms with Crippen LogP contribution in [0.1, 0.15) is 56.2 Å². The number of pyridine rings is 1. The summed E-state index contributed by atoms with van der Waals surface area (Å²) in [6.07, 6.45) is 6.64. The summed E-state index contributed by atoms with van der Waals surface area (Å²) < 4.78 is 2.45. The molecule has 7 heteroatoms. The van der Waals surface area contributed by atoms with Crippen LogP contribution in [-0.2, 0) is 11.8 Å². The van der Waals surface area contributed by atoms with Crippen molar-refractivity contribution >= 4 is 43.7 Å². The number of unbranched alkanes of at least 4 members (excludes halogenated alkanes) is 1. The summed E-state index contributed by atoms with van der Waals surface area (Å²) >= 11 is 9.88. The molecule has 0 fully saturated rings. The van der Waals surface area contributed by atoms with Crippen LogP contribution < -0.4 is 10.5 Å².